The van der Waals surface area contributed by atoms with E-state index in [-0.39, 0.29) is 18.1 Å². The van der Waals surface area contributed by atoms with Crippen molar-refractivity contribution in [2.24, 2.45) is 0 Å². The number of halogens is 1. The third-order valence-electron chi connectivity index (χ3n) is 4.04. The number of nitrogens with zero attached hydrogens (tertiary/aromatic N) is 3. The SMILES string of the molecule is Cc1ccnc(Nc2cc(NCCNC(=O)Cc3ccc(F)cc3)nc(C)n2)c1. The number of rotatable bonds is 8. The number of anilines is 3. The van der Waals surface area contributed by atoms with Crippen LogP contribution in [-0.4, -0.2) is 33.9 Å². The largest absolute Gasteiger partial charge is 0.368 e. The molecule has 2 heterocycles. The minimum atomic E-state index is -0.314. The molecule has 1 amide bonds. The van der Waals surface area contributed by atoms with Crippen molar-refractivity contribution >= 4 is 23.4 Å². The number of benzene rings is 1. The predicted octanol–water partition coefficient (Wildman–Crippen LogP) is 3.14. The Morgan fingerprint density at radius 3 is 2.48 bits per heavy atom. The third-order valence-corrected chi connectivity index (χ3v) is 4.04. The summed E-state index contributed by atoms with van der Waals surface area (Å²) in [6, 6.07) is 11.5. The van der Waals surface area contributed by atoms with E-state index >= 15 is 0 Å². The van der Waals surface area contributed by atoms with Crippen LogP contribution in [0.1, 0.15) is 17.0 Å². The molecule has 7 nitrogen and oxygen atoms in total. The van der Waals surface area contributed by atoms with Crippen molar-refractivity contribution in [3.05, 3.63) is 71.4 Å². The molecular formula is C21H23FN6O. The molecule has 29 heavy (non-hydrogen) atoms. The lowest BCUT2D eigenvalue weighted by molar-refractivity contribution is -0.120. The smallest absolute Gasteiger partial charge is 0.224 e. The fourth-order valence-corrected chi connectivity index (χ4v) is 2.70. The van der Waals surface area contributed by atoms with E-state index in [0.29, 0.717) is 36.4 Å². The van der Waals surface area contributed by atoms with Gasteiger partial charge in [0.1, 0.15) is 29.1 Å². The highest BCUT2D eigenvalue weighted by Gasteiger charge is 2.05. The molecule has 0 aliphatic heterocycles. The fourth-order valence-electron chi connectivity index (χ4n) is 2.70. The van der Waals surface area contributed by atoms with Crippen LogP contribution in [0.2, 0.25) is 0 Å². The Labute approximate surface area is 168 Å². The Hall–Kier alpha value is -3.55. The molecule has 0 spiro atoms. The zero-order chi connectivity index (χ0) is 20.6. The van der Waals surface area contributed by atoms with Crippen LogP contribution in [-0.2, 0) is 11.2 Å². The van der Waals surface area contributed by atoms with Crippen molar-refractivity contribution in [2.75, 3.05) is 23.7 Å². The van der Waals surface area contributed by atoms with Crippen LogP contribution in [0.25, 0.3) is 0 Å². The van der Waals surface area contributed by atoms with Gasteiger partial charge in [-0.25, -0.2) is 19.3 Å². The van der Waals surface area contributed by atoms with Crippen LogP contribution in [0.4, 0.5) is 21.8 Å². The molecule has 8 heteroatoms. The van der Waals surface area contributed by atoms with Gasteiger partial charge in [0.05, 0.1) is 6.42 Å². The summed E-state index contributed by atoms with van der Waals surface area (Å²) in [5.41, 5.74) is 1.87. The minimum absolute atomic E-state index is 0.120. The zero-order valence-corrected chi connectivity index (χ0v) is 16.4. The molecule has 0 aliphatic rings. The van der Waals surface area contributed by atoms with E-state index in [1.807, 2.05) is 26.0 Å². The maximum Gasteiger partial charge on any atom is 0.224 e. The number of carbonyl (C=O) groups is 1. The summed E-state index contributed by atoms with van der Waals surface area (Å²) < 4.78 is 12.9. The molecule has 0 unspecified atom stereocenters. The number of nitrogens with one attached hydrogen (secondary N) is 3. The van der Waals surface area contributed by atoms with E-state index < -0.39 is 0 Å². The van der Waals surface area contributed by atoms with Crippen molar-refractivity contribution in [3.63, 3.8) is 0 Å². The maximum atomic E-state index is 12.9. The van der Waals surface area contributed by atoms with Crippen LogP contribution in [0.3, 0.4) is 0 Å². The van der Waals surface area contributed by atoms with Gasteiger partial charge in [-0.1, -0.05) is 12.1 Å². The molecule has 3 N–H and O–H groups in total. The van der Waals surface area contributed by atoms with Crippen molar-refractivity contribution in [3.8, 4) is 0 Å². The molecule has 150 valence electrons. The third kappa shape index (κ3) is 6.53. The maximum absolute atomic E-state index is 12.9. The average molecular weight is 394 g/mol. The summed E-state index contributed by atoms with van der Waals surface area (Å²) in [5.74, 6) is 2.18. The first kappa shape index (κ1) is 20.2. The predicted molar refractivity (Wildman–Crippen MR) is 111 cm³/mol. The first-order valence-corrected chi connectivity index (χ1v) is 9.28. The number of aryl methyl sites for hydroxylation is 2. The van der Waals surface area contributed by atoms with Gasteiger partial charge in [0.2, 0.25) is 5.91 Å². The summed E-state index contributed by atoms with van der Waals surface area (Å²) in [4.78, 5) is 25.0. The molecule has 3 aromatic rings. The Bertz CT molecular complexity index is 977. The highest BCUT2D eigenvalue weighted by molar-refractivity contribution is 5.78. The average Bonchev–Trinajstić information content (AvgIpc) is 2.67. The topological polar surface area (TPSA) is 91.8 Å². The number of carbonyl (C=O) groups excluding carboxylic acids is 1. The summed E-state index contributed by atoms with van der Waals surface area (Å²) >= 11 is 0. The first-order valence-electron chi connectivity index (χ1n) is 9.28. The van der Waals surface area contributed by atoms with E-state index in [2.05, 4.69) is 30.9 Å². The van der Waals surface area contributed by atoms with Gasteiger partial charge in [-0.15, -0.1) is 0 Å². The number of aromatic nitrogens is 3. The fraction of sp³-hybridized carbons (Fsp3) is 0.238. The minimum Gasteiger partial charge on any atom is -0.368 e. The molecule has 0 atom stereocenters. The van der Waals surface area contributed by atoms with Crippen LogP contribution >= 0.6 is 0 Å². The van der Waals surface area contributed by atoms with Gasteiger partial charge in [-0.2, -0.15) is 0 Å². The molecule has 1 aromatic carbocycles. The van der Waals surface area contributed by atoms with Crippen molar-refractivity contribution in [1.29, 1.82) is 0 Å². The van der Waals surface area contributed by atoms with Gasteiger partial charge in [-0.05, 0) is 49.2 Å². The second kappa shape index (κ2) is 9.59. The Kier molecular flexibility index (Phi) is 6.67. The quantitative estimate of drug-likeness (QED) is 0.509. The van der Waals surface area contributed by atoms with Gasteiger partial charge in [0.15, 0.2) is 0 Å². The standard InChI is InChI=1S/C21H23FN6O/c1-14-7-8-23-18(11-14)28-20-13-19(26-15(2)27-20)24-9-10-25-21(29)12-16-3-5-17(22)6-4-16/h3-8,11,13H,9-10,12H2,1-2H3,(H,25,29)(H2,23,24,26,27,28). The second-order valence-electron chi connectivity index (χ2n) is 6.61. The summed E-state index contributed by atoms with van der Waals surface area (Å²) in [5, 5.41) is 9.17. The lowest BCUT2D eigenvalue weighted by Gasteiger charge is -2.11. The molecule has 0 bridgehead atoms. The van der Waals surface area contributed by atoms with E-state index in [4.69, 9.17) is 0 Å². The van der Waals surface area contributed by atoms with Crippen LogP contribution in [0, 0.1) is 19.7 Å². The van der Waals surface area contributed by atoms with Crippen molar-refractivity contribution in [1.82, 2.24) is 20.3 Å². The van der Waals surface area contributed by atoms with Gasteiger partial charge in [0, 0.05) is 25.4 Å². The molecular weight excluding hydrogens is 371 g/mol. The van der Waals surface area contributed by atoms with Gasteiger partial charge < -0.3 is 16.0 Å². The van der Waals surface area contributed by atoms with Gasteiger partial charge >= 0.3 is 0 Å². The Morgan fingerprint density at radius 1 is 0.966 bits per heavy atom. The van der Waals surface area contributed by atoms with E-state index in [9.17, 15) is 9.18 Å². The van der Waals surface area contributed by atoms with Gasteiger partial charge in [-0.3, -0.25) is 4.79 Å². The molecule has 0 fully saturated rings. The lowest BCUT2D eigenvalue weighted by Crippen LogP contribution is -2.30. The first-order chi connectivity index (χ1) is 14.0. The lowest BCUT2D eigenvalue weighted by atomic mass is 10.1. The van der Waals surface area contributed by atoms with E-state index in [0.717, 1.165) is 11.1 Å². The Balaban J connectivity index is 1.48. The van der Waals surface area contributed by atoms with Crippen molar-refractivity contribution < 1.29 is 9.18 Å². The second-order valence-corrected chi connectivity index (χ2v) is 6.61. The van der Waals surface area contributed by atoms with Gasteiger partial charge in [0.25, 0.3) is 0 Å². The zero-order valence-electron chi connectivity index (χ0n) is 16.4. The number of amides is 1. The number of hydrogen-bond acceptors (Lipinski definition) is 6. The molecule has 0 saturated heterocycles. The molecule has 0 saturated carbocycles. The van der Waals surface area contributed by atoms with Crippen LogP contribution < -0.4 is 16.0 Å². The normalized spacial score (nSPS) is 10.4. The highest BCUT2D eigenvalue weighted by atomic mass is 19.1. The molecule has 3 rings (SSSR count). The molecule has 0 aliphatic carbocycles. The molecule has 2 aromatic heterocycles. The number of hydrogen-bond donors (Lipinski definition) is 3. The Morgan fingerprint density at radius 2 is 1.72 bits per heavy atom. The van der Waals surface area contributed by atoms with Crippen LogP contribution in [0.15, 0.2) is 48.7 Å². The number of pyridine rings is 1. The summed E-state index contributed by atoms with van der Waals surface area (Å²) in [6.45, 7) is 4.75. The van der Waals surface area contributed by atoms with E-state index in [1.165, 1.54) is 12.1 Å². The van der Waals surface area contributed by atoms with E-state index in [1.54, 1.807) is 24.4 Å². The van der Waals surface area contributed by atoms with Crippen molar-refractivity contribution in [2.45, 2.75) is 20.3 Å². The molecule has 0 radical (unpaired) electrons. The monoisotopic (exact) mass is 394 g/mol. The highest BCUT2D eigenvalue weighted by Crippen LogP contribution is 2.16. The summed E-state index contributed by atoms with van der Waals surface area (Å²) in [6.07, 6.45) is 1.95. The van der Waals surface area contributed by atoms with Crippen LogP contribution in [0.5, 0.6) is 0 Å². The summed E-state index contributed by atoms with van der Waals surface area (Å²) in [7, 11) is 0.